The van der Waals surface area contributed by atoms with Gasteiger partial charge in [0.2, 0.25) is 5.91 Å². The lowest BCUT2D eigenvalue weighted by atomic mass is 10.1. The minimum absolute atomic E-state index is 0.116. The molecule has 2 aromatic rings. The topological polar surface area (TPSA) is 52.7 Å². The summed E-state index contributed by atoms with van der Waals surface area (Å²) in [6.07, 6.45) is 0. The highest BCUT2D eigenvalue weighted by atomic mass is 19.1. The zero-order chi connectivity index (χ0) is 20.1. The Morgan fingerprint density at radius 3 is 2.04 bits per heavy atom. The van der Waals surface area contributed by atoms with Gasteiger partial charge in [-0.2, -0.15) is 0 Å². The summed E-state index contributed by atoms with van der Waals surface area (Å²) in [4.78, 5) is 28.4. The van der Waals surface area contributed by atoms with Crippen molar-refractivity contribution >= 4 is 11.8 Å². The van der Waals surface area contributed by atoms with Crippen LogP contribution in [0.2, 0.25) is 0 Å². The van der Waals surface area contributed by atoms with Crippen LogP contribution in [0.15, 0.2) is 48.5 Å². The van der Waals surface area contributed by atoms with Crippen LogP contribution in [0.1, 0.15) is 28.9 Å². The summed E-state index contributed by atoms with van der Waals surface area (Å²) in [5.74, 6) is -0.929. The van der Waals surface area contributed by atoms with Gasteiger partial charge in [0.15, 0.2) is 0 Å². The molecule has 1 atom stereocenters. The number of benzene rings is 2. The van der Waals surface area contributed by atoms with E-state index in [1.165, 1.54) is 36.4 Å². The lowest BCUT2D eigenvalue weighted by Gasteiger charge is -2.34. The van der Waals surface area contributed by atoms with Crippen LogP contribution in [0, 0.1) is 11.6 Å². The molecule has 0 bridgehead atoms. The molecule has 5 nitrogen and oxygen atoms in total. The van der Waals surface area contributed by atoms with Crippen molar-refractivity contribution in [1.29, 1.82) is 0 Å². The molecule has 3 rings (SSSR count). The highest BCUT2D eigenvalue weighted by Crippen LogP contribution is 2.13. The number of hydrogen-bond donors (Lipinski definition) is 1. The van der Waals surface area contributed by atoms with Crippen LogP contribution >= 0.6 is 0 Å². The summed E-state index contributed by atoms with van der Waals surface area (Å²) in [6, 6.07) is 11.3. The smallest absolute Gasteiger partial charge is 0.253 e. The summed E-state index contributed by atoms with van der Waals surface area (Å²) in [7, 11) is 0. The number of rotatable bonds is 5. The number of nitrogens with one attached hydrogen (secondary N) is 1. The van der Waals surface area contributed by atoms with Crippen molar-refractivity contribution in [2.75, 3.05) is 32.7 Å². The van der Waals surface area contributed by atoms with Gasteiger partial charge in [0.05, 0.1) is 12.6 Å². The molecule has 1 aliphatic heterocycles. The second-order valence-electron chi connectivity index (χ2n) is 6.92. The highest BCUT2D eigenvalue weighted by molar-refractivity contribution is 5.94. The Labute approximate surface area is 162 Å². The Morgan fingerprint density at radius 2 is 1.46 bits per heavy atom. The van der Waals surface area contributed by atoms with Crippen molar-refractivity contribution < 1.29 is 18.4 Å². The van der Waals surface area contributed by atoms with Crippen molar-refractivity contribution in [2.24, 2.45) is 0 Å². The maximum atomic E-state index is 13.0. The van der Waals surface area contributed by atoms with Gasteiger partial charge in [-0.25, -0.2) is 8.78 Å². The van der Waals surface area contributed by atoms with E-state index < -0.39 is 0 Å². The molecule has 1 fully saturated rings. The molecule has 148 valence electrons. The van der Waals surface area contributed by atoms with E-state index in [-0.39, 0.29) is 36.0 Å². The van der Waals surface area contributed by atoms with Crippen LogP contribution in [0.4, 0.5) is 8.78 Å². The van der Waals surface area contributed by atoms with Gasteiger partial charge in [0, 0.05) is 31.7 Å². The molecule has 0 aromatic heterocycles. The fourth-order valence-corrected chi connectivity index (χ4v) is 3.21. The summed E-state index contributed by atoms with van der Waals surface area (Å²) < 4.78 is 26.0. The van der Waals surface area contributed by atoms with Gasteiger partial charge in [0.25, 0.3) is 5.91 Å². The van der Waals surface area contributed by atoms with Crippen LogP contribution in [-0.2, 0) is 4.79 Å². The number of amides is 2. The highest BCUT2D eigenvalue weighted by Gasteiger charge is 2.23. The first kappa shape index (κ1) is 19.9. The lowest BCUT2D eigenvalue weighted by molar-refractivity contribution is -0.123. The Balaban J connectivity index is 1.45. The van der Waals surface area contributed by atoms with Crippen molar-refractivity contribution in [1.82, 2.24) is 15.1 Å². The third-order valence-corrected chi connectivity index (χ3v) is 4.87. The number of halogens is 2. The van der Waals surface area contributed by atoms with Crippen LogP contribution in [0.25, 0.3) is 0 Å². The molecule has 0 aliphatic carbocycles. The number of piperazine rings is 1. The van der Waals surface area contributed by atoms with Crippen LogP contribution < -0.4 is 5.32 Å². The van der Waals surface area contributed by atoms with Crippen molar-refractivity contribution in [3.63, 3.8) is 0 Å². The van der Waals surface area contributed by atoms with Crippen molar-refractivity contribution in [3.05, 3.63) is 71.3 Å². The third kappa shape index (κ3) is 5.13. The quantitative estimate of drug-likeness (QED) is 0.858. The van der Waals surface area contributed by atoms with Gasteiger partial charge in [-0.1, -0.05) is 12.1 Å². The predicted octanol–water partition coefficient (Wildman–Crippen LogP) is 2.60. The Kier molecular flexibility index (Phi) is 6.36. The Hall–Kier alpha value is -2.80. The SMILES string of the molecule is CC(NC(=O)CN1CCN(C(=O)c2ccc(F)cc2)CC1)c1ccc(F)cc1. The average Bonchev–Trinajstić information content (AvgIpc) is 2.69. The fraction of sp³-hybridized carbons (Fsp3) is 0.333. The average molecular weight is 387 g/mol. The van der Waals surface area contributed by atoms with Gasteiger partial charge < -0.3 is 10.2 Å². The van der Waals surface area contributed by atoms with Crippen molar-refractivity contribution in [2.45, 2.75) is 13.0 Å². The number of hydrogen-bond acceptors (Lipinski definition) is 3. The first-order chi connectivity index (χ1) is 13.4. The number of carbonyl (C=O) groups is 2. The zero-order valence-corrected chi connectivity index (χ0v) is 15.7. The molecule has 2 aromatic carbocycles. The molecule has 0 saturated carbocycles. The summed E-state index contributed by atoms with van der Waals surface area (Å²) in [5.41, 5.74) is 1.30. The molecule has 1 N–H and O–H groups in total. The number of carbonyl (C=O) groups excluding carboxylic acids is 2. The van der Waals surface area contributed by atoms with Crippen LogP contribution in [0.3, 0.4) is 0 Å². The zero-order valence-electron chi connectivity index (χ0n) is 15.7. The second kappa shape index (κ2) is 8.93. The first-order valence-corrected chi connectivity index (χ1v) is 9.24. The fourth-order valence-electron chi connectivity index (χ4n) is 3.21. The monoisotopic (exact) mass is 387 g/mol. The van der Waals surface area contributed by atoms with Crippen LogP contribution in [0.5, 0.6) is 0 Å². The normalized spacial score (nSPS) is 15.9. The molecule has 1 aliphatic rings. The largest absolute Gasteiger partial charge is 0.348 e. The molecule has 2 amide bonds. The predicted molar refractivity (Wildman–Crippen MR) is 102 cm³/mol. The van der Waals surface area contributed by atoms with Gasteiger partial charge in [-0.15, -0.1) is 0 Å². The summed E-state index contributed by atoms with van der Waals surface area (Å²) in [6.45, 7) is 4.29. The standard InChI is InChI=1S/C21H23F2N3O2/c1-15(16-2-6-18(22)7-3-16)24-20(27)14-25-10-12-26(13-11-25)21(28)17-4-8-19(23)9-5-17/h2-9,15H,10-14H2,1H3,(H,24,27). The Morgan fingerprint density at radius 1 is 0.929 bits per heavy atom. The first-order valence-electron chi connectivity index (χ1n) is 9.24. The Bertz CT molecular complexity index is 817. The third-order valence-electron chi connectivity index (χ3n) is 4.87. The minimum Gasteiger partial charge on any atom is -0.348 e. The molecular weight excluding hydrogens is 364 g/mol. The van der Waals surface area contributed by atoms with Gasteiger partial charge in [0.1, 0.15) is 11.6 Å². The molecule has 7 heteroatoms. The molecule has 1 unspecified atom stereocenters. The van der Waals surface area contributed by atoms with Gasteiger partial charge in [-0.3, -0.25) is 14.5 Å². The minimum atomic E-state index is -0.373. The lowest BCUT2D eigenvalue weighted by Crippen LogP contribution is -2.51. The molecular formula is C21H23F2N3O2. The molecule has 0 radical (unpaired) electrons. The van der Waals surface area contributed by atoms with E-state index in [1.54, 1.807) is 17.0 Å². The van der Waals surface area contributed by atoms with Crippen LogP contribution in [-0.4, -0.2) is 54.3 Å². The molecule has 1 saturated heterocycles. The van der Waals surface area contributed by atoms with E-state index in [1.807, 2.05) is 11.8 Å². The van der Waals surface area contributed by atoms with E-state index in [2.05, 4.69) is 5.32 Å². The van der Waals surface area contributed by atoms with E-state index in [4.69, 9.17) is 0 Å². The molecule has 1 heterocycles. The van der Waals surface area contributed by atoms with Gasteiger partial charge >= 0.3 is 0 Å². The van der Waals surface area contributed by atoms with Gasteiger partial charge in [-0.05, 0) is 48.9 Å². The van der Waals surface area contributed by atoms with Crippen molar-refractivity contribution in [3.8, 4) is 0 Å². The van der Waals surface area contributed by atoms with E-state index in [0.29, 0.717) is 31.7 Å². The molecule has 28 heavy (non-hydrogen) atoms. The molecule has 0 spiro atoms. The summed E-state index contributed by atoms with van der Waals surface area (Å²) in [5, 5.41) is 2.91. The van der Waals surface area contributed by atoms with E-state index in [9.17, 15) is 18.4 Å². The maximum Gasteiger partial charge on any atom is 0.253 e. The maximum absolute atomic E-state index is 13.0. The summed E-state index contributed by atoms with van der Waals surface area (Å²) >= 11 is 0. The van der Waals surface area contributed by atoms with E-state index in [0.717, 1.165) is 5.56 Å². The van der Waals surface area contributed by atoms with E-state index >= 15 is 0 Å². The second-order valence-corrected chi connectivity index (χ2v) is 6.92. The number of nitrogens with zero attached hydrogens (tertiary/aromatic N) is 2.